The molecule has 140 valence electrons. The highest BCUT2D eigenvalue weighted by atomic mass is 32.1. The van der Waals surface area contributed by atoms with E-state index in [9.17, 15) is 4.79 Å². The first-order valence-electron chi connectivity index (χ1n) is 9.63. The predicted molar refractivity (Wildman–Crippen MR) is 110 cm³/mol. The minimum Gasteiger partial charge on any atom is -0.306 e. The van der Waals surface area contributed by atoms with Crippen LogP contribution in [0.1, 0.15) is 40.6 Å². The van der Waals surface area contributed by atoms with Crippen LogP contribution in [0.15, 0.2) is 41.8 Å². The van der Waals surface area contributed by atoms with Crippen molar-refractivity contribution in [3.8, 4) is 0 Å². The van der Waals surface area contributed by atoms with E-state index in [1.165, 1.54) is 37.1 Å². The molecule has 3 nitrogen and oxygen atoms in total. The van der Waals surface area contributed by atoms with Crippen LogP contribution < -0.4 is 0 Å². The van der Waals surface area contributed by atoms with Crippen LogP contribution in [0.3, 0.4) is 0 Å². The zero-order chi connectivity index (χ0) is 18.4. The zero-order valence-electron chi connectivity index (χ0n) is 16.0. The number of hydrogen-bond acceptors (Lipinski definition) is 4. The van der Waals surface area contributed by atoms with Crippen molar-refractivity contribution in [2.24, 2.45) is 5.92 Å². The summed E-state index contributed by atoms with van der Waals surface area (Å²) in [6.07, 6.45) is 3.71. The molecule has 0 spiro atoms. The van der Waals surface area contributed by atoms with Crippen molar-refractivity contribution in [3.63, 3.8) is 0 Å². The molecule has 2 heterocycles. The topological polar surface area (TPSA) is 23.6 Å². The summed E-state index contributed by atoms with van der Waals surface area (Å²) < 4.78 is 0. The van der Waals surface area contributed by atoms with Crippen LogP contribution in [0.2, 0.25) is 0 Å². The molecule has 0 aliphatic carbocycles. The maximum Gasteiger partial charge on any atom is 0.169 e. The minimum atomic E-state index is 0.172. The van der Waals surface area contributed by atoms with E-state index in [1.54, 1.807) is 18.3 Å². The second-order valence-corrected chi connectivity index (χ2v) is 8.53. The molecule has 1 aromatic carbocycles. The van der Waals surface area contributed by atoms with Crippen molar-refractivity contribution < 1.29 is 4.79 Å². The van der Waals surface area contributed by atoms with Crippen LogP contribution in [-0.2, 0) is 13.0 Å². The number of thiophene rings is 1. The molecule has 2 aromatic rings. The van der Waals surface area contributed by atoms with Gasteiger partial charge in [-0.15, -0.1) is 11.3 Å². The van der Waals surface area contributed by atoms with Gasteiger partial charge >= 0.3 is 0 Å². The van der Waals surface area contributed by atoms with Crippen LogP contribution in [-0.4, -0.2) is 48.8 Å². The Balaban J connectivity index is 1.64. The third-order valence-corrected chi connectivity index (χ3v) is 6.28. The molecule has 1 fully saturated rings. The Morgan fingerprint density at radius 2 is 2.08 bits per heavy atom. The summed E-state index contributed by atoms with van der Waals surface area (Å²) in [6.45, 7) is 7.23. The maximum atomic E-state index is 11.6. The fourth-order valence-electron chi connectivity index (χ4n) is 3.86. The molecule has 0 saturated carbocycles. The molecule has 1 saturated heterocycles. The summed E-state index contributed by atoms with van der Waals surface area (Å²) in [4.78, 5) is 17.5. The van der Waals surface area contributed by atoms with Gasteiger partial charge in [-0.2, -0.15) is 0 Å². The quantitative estimate of drug-likeness (QED) is 0.646. The van der Waals surface area contributed by atoms with Crippen LogP contribution in [0.4, 0.5) is 0 Å². The van der Waals surface area contributed by atoms with E-state index in [2.05, 4.69) is 58.6 Å². The zero-order valence-corrected chi connectivity index (χ0v) is 16.8. The van der Waals surface area contributed by atoms with Crippen molar-refractivity contribution in [2.75, 3.05) is 33.2 Å². The molecule has 1 aromatic heterocycles. The SMILES string of the molecule is CC(=O)c1cc(CN(CCc2ccccc2)C[C@@H]2CCCN(C)C2)cs1. The number of Topliss-reactive ketones (excluding diaryl/α,β-unsaturated/α-hetero) is 1. The third kappa shape index (κ3) is 5.76. The Labute approximate surface area is 161 Å². The maximum absolute atomic E-state index is 11.6. The fourth-order valence-corrected chi connectivity index (χ4v) is 4.66. The van der Waals surface area contributed by atoms with E-state index in [4.69, 9.17) is 0 Å². The smallest absolute Gasteiger partial charge is 0.169 e. The molecule has 0 unspecified atom stereocenters. The molecular formula is C22H30N2OS. The van der Waals surface area contributed by atoms with Crippen LogP contribution in [0.5, 0.6) is 0 Å². The van der Waals surface area contributed by atoms with Gasteiger partial charge in [0.25, 0.3) is 0 Å². The van der Waals surface area contributed by atoms with Gasteiger partial charge in [-0.25, -0.2) is 0 Å². The average molecular weight is 371 g/mol. The number of piperidine rings is 1. The predicted octanol–water partition coefficient (Wildman–Crippen LogP) is 4.34. The molecule has 4 heteroatoms. The minimum absolute atomic E-state index is 0.172. The summed E-state index contributed by atoms with van der Waals surface area (Å²) in [5.41, 5.74) is 2.67. The van der Waals surface area contributed by atoms with Crippen molar-refractivity contribution in [3.05, 3.63) is 57.8 Å². The Morgan fingerprint density at radius 3 is 2.77 bits per heavy atom. The first-order chi connectivity index (χ1) is 12.6. The van der Waals surface area contributed by atoms with Crippen molar-refractivity contribution in [1.82, 2.24) is 9.80 Å². The Hall–Kier alpha value is -1.49. The third-order valence-electron chi connectivity index (χ3n) is 5.20. The lowest BCUT2D eigenvalue weighted by atomic mass is 9.97. The number of nitrogens with zero attached hydrogens (tertiary/aromatic N) is 2. The lowest BCUT2D eigenvalue weighted by molar-refractivity contribution is 0.102. The van der Waals surface area contributed by atoms with Crippen molar-refractivity contribution >= 4 is 17.1 Å². The fraction of sp³-hybridized carbons (Fsp3) is 0.500. The second-order valence-electron chi connectivity index (χ2n) is 7.62. The molecule has 0 radical (unpaired) electrons. The Morgan fingerprint density at radius 1 is 1.27 bits per heavy atom. The van der Waals surface area contributed by atoms with Crippen LogP contribution >= 0.6 is 11.3 Å². The summed E-state index contributed by atoms with van der Waals surface area (Å²) in [7, 11) is 2.23. The molecule has 0 amide bonds. The largest absolute Gasteiger partial charge is 0.306 e. The summed E-state index contributed by atoms with van der Waals surface area (Å²) in [5, 5.41) is 2.15. The average Bonchev–Trinajstić information content (AvgIpc) is 3.09. The normalized spacial score (nSPS) is 18.3. The van der Waals surface area contributed by atoms with Gasteiger partial charge in [-0.3, -0.25) is 9.69 Å². The van der Waals surface area contributed by atoms with E-state index in [0.717, 1.165) is 36.9 Å². The summed E-state index contributed by atoms with van der Waals surface area (Å²) in [5.74, 6) is 0.918. The number of ketones is 1. The van der Waals surface area contributed by atoms with E-state index >= 15 is 0 Å². The first kappa shape index (κ1) is 19.3. The molecule has 3 rings (SSSR count). The Bertz CT molecular complexity index is 697. The molecule has 1 aliphatic rings. The summed E-state index contributed by atoms with van der Waals surface area (Å²) in [6, 6.07) is 12.8. The molecule has 0 N–H and O–H groups in total. The van der Waals surface area contributed by atoms with Gasteiger partial charge in [-0.1, -0.05) is 30.3 Å². The van der Waals surface area contributed by atoms with Crippen LogP contribution in [0.25, 0.3) is 0 Å². The van der Waals surface area contributed by atoms with E-state index in [0.29, 0.717) is 0 Å². The number of benzene rings is 1. The molecule has 1 aliphatic heterocycles. The highest BCUT2D eigenvalue weighted by Gasteiger charge is 2.20. The summed E-state index contributed by atoms with van der Waals surface area (Å²) >= 11 is 1.58. The lowest BCUT2D eigenvalue weighted by Gasteiger charge is -2.33. The molecule has 26 heavy (non-hydrogen) atoms. The van der Waals surface area contributed by atoms with Crippen molar-refractivity contribution in [2.45, 2.75) is 32.7 Å². The van der Waals surface area contributed by atoms with Gasteiger partial charge in [0.1, 0.15) is 0 Å². The van der Waals surface area contributed by atoms with Gasteiger partial charge in [0.05, 0.1) is 4.88 Å². The lowest BCUT2D eigenvalue weighted by Crippen LogP contribution is -2.39. The second kappa shape index (κ2) is 9.45. The number of rotatable bonds is 8. The van der Waals surface area contributed by atoms with E-state index in [1.807, 2.05) is 0 Å². The van der Waals surface area contributed by atoms with Gasteiger partial charge in [0.15, 0.2) is 5.78 Å². The van der Waals surface area contributed by atoms with Gasteiger partial charge in [-0.05, 0) is 68.3 Å². The standard InChI is InChI=1S/C22H30N2OS/c1-18(25)22-13-21(17-26-22)16-24(12-10-19-7-4-3-5-8-19)15-20-9-6-11-23(2)14-20/h3-5,7-8,13,17,20H,6,9-12,14-16H2,1-2H3/t20-/m1/s1. The van der Waals surface area contributed by atoms with Gasteiger partial charge in [0, 0.05) is 26.2 Å². The van der Waals surface area contributed by atoms with E-state index < -0.39 is 0 Å². The highest BCUT2D eigenvalue weighted by molar-refractivity contribution is 7.12. The Kier molecular flexibility index (Phi) is 7.00. The number of hydrogen-bond donors (Lipinski definition) is 0. The van der Waals surface area contributed by atoms with Crippen LogP contribution in [0, 0.1) is 5.92 Å². The number of carbonyl (C=O) groups excluding carboxylic acids is 1. The van der Waals surface area contributed by atoms with Gasteiger partial charge < -0.3 is 4.90 Å². The molecular weight excluding hydrogens is 340 g/mol. The van der Waals surface area contributed by atoms with Crippen molar-refractivity contribution in [1.29, 1.82) is 0 Å². The molecule has 0 bridgehead atoms. The number of likely N-dealkylation sites (tertiary alicyclic amines) is 1. The first-order valence-corrected chi connectivity index (χ1v) is 10.5. The van der Waals surface area contributed by atoms with Gasteiger partial charge in [0.2, 0.25) is 0 Å². The highest BCUT2D eigenvalue weighted by Crippen LogP contribution is 2.21. The van der Waals surface area contributed by atoms with E-state index in [-0.39, 0.29) is 5.78 Å². The monoisotopic (exact) mass is 370 g/mol. The number of carbonyl (C=O) groups is 1. The molecule has 1 atom stereocenters.